The third-order valence-electron chi connectivity index (χ3n) is 2.37. The monoisotopic (exact) mass is 271 g/mol. The molecule has 1 aromatic heterocycles. The van der Waals surface area contributed by atoms with E-state index in [1.54, 1.807) is 18.2 Å². The van der Waals surface area contributed by atoms with Crippen molar-refractivity contribution in [3.05, 3.63) is 52.0 Å². The number of hydrogen-bond donors (Lipinski definition) is 1. The summed E-state index contributed by atoms with van der Waals surface area (Å²) >= 11 is 12.0. The number of aromatic nitrogens is 1. The predicted octanol–water partition coefficient (Wildman–Crippen LogP) is 3.69. The summed E-state index contributed by atoms with van der Waals surface area (Å²) < 4.78 is 13.7. The molecule has 0 radical (unpaired) electrons. The smallest absolute Gasteiger partial charge is 0.221 e. The lowest BCUT2D eigenvalue weighted by molar-refractivity contribution is 0.281. The van der Waals surface area contributed by atoms with Gasteiger partial charge in [0.15, 0.2) is 0 Å². The number of nitrogens with zero attached hydrogens (tertiary/aromatic N) is 1. The van der Waals surface area contributed by atoms with Gasteiger partial charge in [0, 0.05) is 17.3 Å². The summed E-state index contributed by atoms with van der Waals surface area (Å²) in [5, 5.41) is 9.84. The quantitative estimate of drug-likeness (QED) is 0.846. The maximum Gasteiger partial charge on any atom is 0.221 e. The van der Waals surface area contributed by atoms with Gasteiger partial charge in [-0.2, -0.15) is 4.39 Å². The van der Waals surface area contributed by atoms with Crippen LogP contribution in [0.3, 0.4) is 0 Å². The summed E-state index contributed by atoms with van der Waals surface area (Å²) in [5.74, 6) is -0.702. The summed E-state index contributed by atoms with van der Waals surface area (Å²) in [5.41, 5.74) is 0.892. The average Bonchev–Trinajstić information content (AvgIpc) is 2.30. The Hall–Kier alpha value is -1.16. The highest BCUT2D eigenvalue weighted by Gasteiger charge is 2.17. The van der Waals surface area contributed by atoms with E-state index in [0.29, 0.717) is 21.2 Å². The number of hydrogen-bond acceptors (Lipinski definition) is 2. The van der Waals surface area contributed by atoms with E-state index >= 15 is 0 Å². The van der Waals surface area contributed by atoms with Crippen LogP contribution in [0, 0.1) is 5.95 Å². The standard InChI is InChI=1S/C12H8Cl2FNO/c13-8-2-1-3-9(14)11(8)10-7(6-17)4-5-16-12(10)15/h1-5,17H,6H2. The molecule has 1 N–H and O–H groups in total. The summed E-state index contributed by atoms with van der Waals surface area (Å²) in [7, 11) is 0. The van der Waals surface area contributed by atoms with Crippen LogP contribution in [0.1, 0.15) is 5.56 Å². The van der Waals surface area contributed by atoms with Crippen molar-refractivity contribution >= 4 is 23.2 Å². The molecule has 5 heteroatoms. The van der Waals surface area contributed by atoms with E-state index in [2.05, 4.69) is 4.98 Å². The fraction of sp³-hybridized carbons (Fsp3) is 0.0833. The van der Waals surface area contributed by atoms with Gasteiger partial charge in [-0.1, -0.05) is 29.3 Å². The van der Waals surface area contributed by atoms with Crippen LogP contribution in [0.2, 0.25) is 10.0 Å². The zero-order valence-electron chi connectivity index (χ0n) is 8.62. The van der Waals surface area contributed by atoms with Crippen molar-refractivity contribution in [1.82, 2.24) is 4.98 Å². The number of benzene rings is 1. The van der Waals surface area contributed by atoms with E-state index in [9.17, 15) is 9.50 Å². The van der Waals surface area contributed by atoms with Crippen molar-refractivity contribution < 1.29 is 9.50 Å². The molecule has 2 aromatic rings. The van der Waals surface area contributed by atoms with Gasteiger partial charge in [0.1, 0.15) is 0 Å². The number of rotatable bonds is 2. The first-order valence-corrected chi connectivity index (χ1v) is 5.59. The third-order valence-corrected chi connectivity index (χ3v) is 3.00. The zero-order valence-corrected chi connectivity index (χ0v) is 10.1. The van der Waals surface area contributed by atoms with E-state index in [0.717, 1.165) is 0 Å². The van der Waals surface area contributed by atoms with Gasteiger partial charge < -0.3 is 5.11 Å². The molecule has 0 amide bonds. The Kier molecular flexibility index (Phi) is 3.62. The Morgan fingerprint density at radius 2 is 1.76 bits per heavy atom. The number of aliphatic hydroxyl groups is 1. The topological polar surface area (TPSA) is 33.1 Å². The van der Waals surface area contributed by atoms with Gasteiger partial charge in [0.05, 0.1) is 16.7 Å². The molecule has 0 fully saturated rings. The van der Waals surface area contributed by atoms with Gasteiger partial charge >= 0.3 is 0 Å². The first-order valence-electron chi connectivity index (χ1n) is 4.83. The molecule has 1 aromatic carbocycles. The number of halogens is 3. The SMILES string of the molecule is OCc1ccnc(F)c1-c1c(Cl)cccc1Cl. The number of pyridine rings is 1. The molecule has 0 unspecified atom stereocenters. The van der Waals surface area contributed by atoms with Crippen LogP contribution < -0.4 is 0 Å². The molecule has 0 spiro atoms. The van der Waals surface area contributed by atoms with E-state index in [-0.39, 0.29) is 12.2 Å². The second-order valence-corrected chi connectivity index (χ2v) is 4.21. The largest absolute Gasteiger partial charge is 0.392 e. The maximum absolute atomic E-state index is 13.7. The van der Waals surface area contributed by atoms with Crippen molar-refractivity contribution in [2.75, 3.05) is 0 Å². The molecule has 2 nitrogen and oxygen atoms in total. The Bertz CT molecular complexity index is 540. The summed E-state index contributed by atoms with van der Waals surface area (Å²) in [6.07, 6.45) is 1.29. The predicted molar refractivity (Wildman–Crippen MR) is 65.6 cm³/mol. The summed E-state index contributed by atoms with van der Waals surface area (Å²) in [4.78, 5) is 3.55. The van der Waals surface area contributed by atoms with Crippen LogP contribution in [0.25, 0.3) is 11.1 Å². The van der Waals surface area contributed by atoms with E-state index in [4.69, 9.17) is 23.2 Å². The van der Waals surface area contributed by atoms with E-state index in [1.165, 1.54) is 12.3 Å². The van der Waals surface area contributed by atoms with Crippen LogP contribution >= 0.6 is 23.2 Å². The highest BCUT2D eigenvalue weighted by Crippen LogP contribution is 2.37. The second-order valence-electron chi connectivity index (χ2n) is 3.39. The molecule has 2 rings (SSSR count). The molecular formula is C12H8Cl2FNO. The van der Waals surface area contributed by atoms with Crippen molar-refractivity contribution in [1.29, 1.82) is 0 Å². The minimum atomic E-state index is -0.702. The van der Waals surface area contributed by atoms with Crippen LogP contribution in [-0.2, 0) is 6.61 Å². The molecule has 17 heavy (non-hydrogen) atoms. The Morgan fingerprint density at radius 3 is 2.35 bits per heavy atom. The molecular weight excluding hydrogens is 264 g/mol. The molecule has 0 bridgehead atoms. The van der Waals surface area contributed by atoms with Crippen LogP contribution in [-0.4, -0.2) is 10.1 Å². The zero-order chi connectivity index (χ0) is 12.4. The normalized spacial score (nSPS) is 10.6. The fourth-order valence-corrected chi connectivity index (χ4v) is 2.19. The van der Waals surface area contributed by atoms with Crippen molar-refractivity contribution in [2.24, 2.45) is 0 Å². The van der Waals surface area contributed by atoms with E-state index < -0.39 is 5.95 Å². The molecule has 1 heterocycles. The van der Waals surface area contributed by atoms with Crippen molar-refractivity contribution in [3.63, 3.8) is 0 Å². The molecule has 0 aliphatic carbocycles. The van der Waals surface area contributed by atoms with E-state index in [1.807, 2.05) is 0 Å². The van der Waals surface area contributed by atoms with Gasteiger partial charge in [0.25, 0.3) is 0 Å². The molecule has 88 valence electrons. The molecule has 0 saturated heterocycles. The summed E-state index contributed by atoms with van der Waals surface area (Å²) in [6, 6.07) is 6.41. The minimum absolute atomic E-state index is 0.144. The lowest BCUT2D eigenvalue weighted by Gasteiger charge is -2.11. The Morgan fingerprint density at radius 1 is 1.12 bits per heavy atom. The lowest BCUT2D eigenvalue weighted by atomic mass is 10.0. The van der Waals surface area contributed by atoms with Crippen LogP contribution in [0.15, 0.2) is 30.5 Å². The van der Waals surface area contributed by atoms with Crippen molar-refractivity contribution in [3.8, 4) is 11.1 Å². The van der Waals surface area contributed by atoms with Gasteiger partial charge in [-0.05, 0) is 23.8 Å². The highest BCUT2D eigenvalue weighted by atomic mass is 35.5. The molecule has 0 saturated carbocycles. The molecule has 0 atom stereocenters. The Labute approximate surface area is 108 Å². The fourth-order valence-electron chi connectivity index (χ4n) is 1.61. The lowest BCUT2D eigenvalue weighted by Crippen LogP contribution is -1.97. The second kappa shape index (κ2) is 5.00. The molecule has 0 aliphatic heterocycles. The van der Waals surface area contributed by atoms with Crippen molar-refractivity contribution in [2.45, 2.75) is 6.61 Å². The Balaban J connectivity index is 2.76. The van der Waals surface area contributed by atoms with Gasteiger partial charge in [0.2, 0.25) is 5.95 Å². The van der Waals surface area contributed by atoms with Gasteiger partial charge in [-0.15, -0.1) is 0 Å². The minimum Gasteiger partial charge on any atom is -0.392 e. The number of aliphatic hydroxyl groups excluding tert-OH is 1. The van der Waals surface area contributed by atoms with Crippen LogP contribution in [0.4, 0.5) is 4.39 Å². The maximum atomic E-state index is 13.7. The van der Waals surface area contributed by atoms with Crippen LogP contribution in [0.5, 0.6) is 0 Å². The first kappa shape index (κ1) is 12.3. The van der Waals surface area contributed by atoms with Gasteiger partial charge in [-0.25, -0.2) is 4.98 Å². The van der Waals surface area contributed by atoms with Gasteiger partial charge in [-0.3, -0.25) is 0 Å². The summed E-state index contributed by atoms with van der Waals surface area (Å²) in [6.45, 7) is -0.309. The third kappa shape index (κ3) is 2.27. The average molecular weight is 272 g/mol. The first-order chi connectivity index (χ1) is 8.15. The molecule has 0 aliphatic rings. The highest BCUT2D eigenvalue weighted by molar-refractivity contribution is 6.39.